The summed E-state index contributed by atoms with van der Waals surface area (Å²) in [6.45, 7) is 2.75. The first kappa shape index (κ1) is 6.58. The molecule has 0 aromatic heterocycles. The van der Waals surface area contributed by atoms with E-state index in [0.29, 0.717) is 6.04 Å². The van der Waals surface area contributed by atoms with Crippen molar-refractivity contribution in [2.24, 2.45) is 5.73 Å². The minimum atomic E-state index is 0.153. The Morgan fingerprint density at radius 1 is 1.60 bits per heavy atom. The Hall–Kier alpha value is -0.120. The number of nitrogens with two attached hydrogens (primary N) is 1. The van der Waals surface area contributed by atoms with Gasteiger partial charge in [-0.1, -0.05) is 0 Å². The Labute approximate surface area is 60.9 Å². The highest BCUT2D eigenvalue weighted by atomic mass is 16.5. The molecule has 2 saturated heterocycles. The second-order valence-corrected chi connectivity index (χ2v) is 3.28. The zero-order chi connectivity index (χ0) is 7.03. The summed E-state index contributed by atoms with van der Waals surface area (Å²) in [5.74, 6) is 0. The average Bonchev–Trinajstić information content (AvgIpc) is 2.48. The molecule has 10 heavy (non-hydrogen) atoms. The topological polar surface area (TPSA) is 47.3 Å². The molecule has 0 aliphatic carbocycles. The zero-order valence-corrected chi connectivity index (χ0v) is 6.10. The summed E-state index contributed by atoms with van der Waals surface area (Å²) in [6.07, 6.45) is 2.19. The second kappa shape index (κ2) is 2.19. The molecule has 58 valence electrons. The quantitative estimate of drug-likeness (QED) is 0.478. The van der Waals surface area contributed by atoms with Gasteiger partial charge in [-0.15, -0.1) is 0 Å². The lowest BCUT2D eigenvalue weighted by atomic mass is 9.92. The highest BCUT2D eigenvalue weighted by molar-refractivity contribution is 5.04. The van der Waals surface area contributed by atoms with Crippen LogP contribution in [0.25, 0.3) is 0 Å². The third kappa shape index (κ3) is 0.779. The number of rotatable bonds is 0. The molecule has 3 N–H and O–H groups in total. The third-order valence-electron chi connectivity index (χ3n) is 2.69. The van der Waals surface area contributed by atoms with Crippen molar-refractivity contribution >= 4 is 0 Å². The lowest BCUT2D eigenvalue weighted by Crippen LogP contribution is -2.52. The Bertz CT molecular complexity index is 126. The molecule has 3 heteroatoms. The molecule has 2 atom stereocenters. The van der Waals surface area contributed by atoms with Gasteiger partial charge < -0.3 is 15.8 Å². The molecule has 0 aromatic rings. The largest absolute Gasteiger partial charge is 0.379 e. The van der Waals surface area contributed by atoms with Gasteiger partial charge in [-0.2, -0.15) is 0 Å². The monoisotopic (exact) mass is 142 g/mol. The predicted octanol–water partition coefficient (Wildman–Crippen LogP) is -0.534. The first-order valence-corrected chi connectivity index (χ1v) is 3.92. The van der Waals surface area contributed by atoms with E-state index in [2.05, 4.69) is 5.32 Å². The van der Waals surface area contributed by atoms with Crippen LogP contribution in [0.15, 0.2) is 0 Å². The van der Waals surface area contributed by atoms with E-state index in [0.717, 1.165) is 32.6 Å². The molecule has 2 rings (SSSR count). The van der Waals surface area contributed by atoms with Crippen molar-refractivity contribution in [1.29, 1.82) is 0 Å². The van der Waals surface area contributed by atoms with Gasteiger partial charge in [0.15, 0.2) is 0 Å². The Morgan fingerprint density at radius 3 is 3.00 bits per heavy atom. The summed E-state index contributed by atoms with van der Waals surface area (Å²) in [4.78, 5) is 0. The average molecular weight is 142 g/mol. The van der Waals surface area contributed by atoms with Crippen LogP contribution in [-0.4, -0.2) is 31.3 Å². The van der Waals surface area contributed by atoms with Crippen molar-refractivity contribution in [3.05, 3.63) is 0 Å². The lowest BCUT2D eigenvalue weighted by molar-refractivity contribution is 0.168. The van der Waals surface area contributed by atoms with Gasteiger partial charge in [0.25, 0.3) is 0 Å². The van der Waals surface area contributed by atoms with E-state index in [4.69, 9.17) is 10.5 Å². The van der Waals surface area contributed by atoms with Crippen LogP contribution in [0.1, 0.15) is 12.8 Å². The van der Waals surface area contributed by atoms with Gasteiger partial charge in [0.1, 0.15) is 0 Å². The summed E-state index contributed by atoms with van der Waals surface area (Å²) in [5.41, 5.74) is 6.09. The SMILES string of the molecule is NC1CCNC12CCOC2. The molecule has 0 aromatic carbocycles. The molecule has 0 radical (unpaired) electrons. The van der Waals surface area contributed by atoms with Crippen LogP contribution < -0.4 is 11.1 Å². The van der Waals surface area contributed by atoms with Gasteiger partial charge in [-0.3, -0.25) is 0 Å². The normalized spacial score (nSPS) is 47.1. The van der Waals surface area contributed by atoms with Gasteiger partial charge in [0, 0.05) is 12.6 Å². The molecule has 1 spiro atoms. The first-order chi connectivity index (χ1) is 4.83. The van der Waals surface area contributed by atoms with E-state index < -0.39 is 0 Å². The van der Waals surface area contributed by atoms with Gasteiger partial charge in [-0.25, -0.2) is 0 Å². The molecule has 0 bridgehead atoms. The Morgan fingerprint density at radius 2 is 2.50 bits per heavy atom. The van der Waals surface area contributed by atoms with E-state index in [1.54, 1.807) is 0 Å². The second-order valence-electron chi connectivity index (χ2n) is 3.28. The van der Waals surface area contributed by atoms with Crippen LogP contribution in [0.3, 0.4) is 0 Å². The van der Waals surface area contributed by atoms with Gasteiger partial charge in [0.05, 0.1) is 12.1 Å². The maximum Gasteiger partial charge on any atom is 0.0664 e. The Balaban J connectivity index is 2.11. The minimum Gasteiger partial charge on any atom is -0.379 e. The van der Waals surface area contributed by atoms with Crippen molar-refractivity contribution in [2.75, 3.05) is 19.8 Å². The molecule has 3 nitrogen and oxygen atoms in total. The van der Waals surface area contributed by atoms with Crippen molar-refractivity contribution in [3.8, 4) is 0 Å². The summed E-state index contributed by atoms with van der Waals surface area (Å²) >= 11 is 0. The van der Waals surface area contributed by atoms with Gasteiger partial charge in [0.2, 0.25) is 0 Å². The van der Waals surface area contributed by atoms with E-state index in [-0.39, 0.29) is 5.54 Å². The number of hydrogen-bond acceptors (Lipinski definition) is 3. The molecule has 2 fully saturated rings. The fraction of sp³-hybridized carbons (Fsp3) is 1.00. The summed E-state index contributed by atoms with van der Waals surface area (Å²) < 4.78 is 5.31. The third-order valence-corrected chi connectivity index (χ3v) is 2.69. The standard InChI is InChI=1S/C7H14N2O/c8-6-1-3-9-7(6)2-4-10-5-7/h6,9H,1-5,8H2. The highest BCUT2D eigenvalue weighted by Gasteiger charge is 2.43. The fourth-order valence-corrected chi connectivity index (χ4v) is 1.90. The van der Waals surface area contributed by atoms with Crippen molar-refractivity contribution in [2.45, 2.75) is 24.4 Å². The van der Waals surface area contributed by atoms with Crippen LogP contribution in [0.5, 0.6) is 0 Å². The van der Waals surface area contributed by atoms with E-state index >= 15 is 0 Å². The van der Waals surface area contributed by atoms with Gasteiger partial charge >= 0.3 is 0 Å². The maximum absolute atomic E-state index is 5.93. The number of hydrogen-bond donors (Lipinski definition) is 2. The molecular weight excluding hydrogens is 128 g/mol. The molecule has 0 saturated carbocycles. The van der Waals surface area contributed by atoms with E-state index in [9.17, 15) is 0 Å². The van der Waals surface area contributed by atoms with Crippen LogP contribution in [0.4, 0.5) is 0 Å². The van der Waals surface area contributed by atoms with Crippen molar-refractivity contribution in [1.82, 2.24) is 5.32 Å². The summed E-state index contributed by atoms with van der Waals surface area (Å²) in [6, 6.07) is 0.315. The first-order valence-electron chi connectivity index (χ1n) is 3.92. The Kier molecular flexibility index (Phi) is 1.44. The van der Waals surface area contributed by atoms with Gasteiger partial charge in [-0.05, 0) is 19.4 Å². The van der Waals surface area contributed by atoms with Crippen molar-refractivity contribution in [3.63, 3.8) is 0 Å². The molecule has 2 unspecified atom stereocenters. The van der Waals surface area contributed by atoms with Crippen LogP contribution in [0, 0.1) is 0 Å². The molecule has 2 heterocycles. The fourth-order valence-electron chi connectivity index (χ4n) is 1.90. The maximum atomic E-state index is 5.93. The van der Waals surface area contributed by atoms with Crippen LogP contribution in [0.2, 0.25) is 0 Å². The van der Waals surface area contributed by atoms with Crippen molar-refractivity contribution < 1.29 is 4.74 Å². The van der Waals surface area contributed by atoms with Crippen LogP contribution >= 0.6 is 0 Å². The summed E-state index contributed by atoms with van der Waals surface area (Å²) in [7, 11) is 0. The number of nitrogens with one attached hydrogen (secondary N) is 1. The lowest BCUT2D eigenvalue weighted by Gasteiger charge is -2.26. The summed E-state index contributed by atoms with van der Waals surface area (Å²) in [5, 5.41) is 3.43. The molecule has 0 amide bonds. The number of ether oxygens (including phenoxy) is 1. The zero-order valence-electron chi connectivity index (χ0n) is 6.10. The van der Waals surface area contributed by atoms with E-state index in [1.807, 2.05) is 0 Å². The molecular formula is C7H14N2O. The van der Waals surface area contributed by atoms with Crippen LogP contribution in [-0.2, 0) is 4.74 Å². The molecule has 2 aliphatic rings. The minimum absolute atomic E-state index is 0.153. The van der Waals surface area contributed by atoms with E-state index in [1.165, 1.54) is 0 Å². The predicted molar refractivity (Wildman–Crippen MR) is 38.8 cm³/mol. The highest BCUT2D eigenvalue weighted by Crippen LogP contribution is 2.26. The smallest absolute Gasteiger partial charge is 0.0664 e. The molecule has 2 aliphatic heterocycles.